The lowest BCUT2D eigenvalue weighted by Crippen LogP contribution is -2.03. The fourth-order valence-corrected chi connectivity index (χ4v) is 2.55. The van der Waals surface area contributed by atoms with E-state index >= 15 is 0 Å². The first-order valence-corrected chi connectivity index (χ1v) is 7.67. The van der Waals surface area contributed by atoms with Crippen LogP contribution in [0.4, 0.5) is 5.69 Å². The van der Waals surface area contributed by atoms with Gasteiger partial charge in [-0.2, -0.15) is 0 Å². The summed E-state index contributed by atoms with van der Waals surface area (Å²) in [5, 5.41) is 2.92. The molecule has 2 heteroatoms. The lowest BCUT2D eigenvalue weighted by Gasteiger charge is -2.00. The zero-order chi connectivity index (χ0) is 16.2. The zero-order valence-corrected chi connectivity index (χ0v) is 13.3. The monoisotopic (exact) mass is 301 g/mol. The predicted molar refractivity (Wildman–Crippen MR) is 96.5 cm³/mol. The smallest absolute Gasteiger partial charge is 0.256 e. The summed E-state index contributed by atoms with van der Waals surface area (Å²) >= 11 is 0. The number of fused-ring (bicyclic) bond motifs is 1. The van der Waals surface area contributed by atoms with E-state index in [1.165, 1.54) is 0 Å². The second-order valence-corrected chi connectivity index (χ2v) is 5.74. The lowest BCUT2D eigenvalue weighted by atomic mass is 10.0. The van der Waals surface area contributed by atoms with E-state index in [0.29, 0.717) is 5.57 Å². The molecule has 0 spiro atoms. The minimum Gasteiger partial charge on any atom is -0.321 e. The molecule has 1 heterocycles. The Hall–Kier alpha value is -2.87. The molecule has 0 fully saturated rings. The fourth-order valence-electron chi connectivity index (χ4n) is 2.55. The van der Waals surface area contributed by atoms with Crippen molar-refractivity contribution in [3.8, 4) is 0 Å². The molecule has 23 heavy (non-hydrogen) atoms. The average Bonchev–Trinajstić information content (AvgIpc) is 2.83. The largest absolute Gasteiger partial charge is 0.321 e. The van der Waals surface area contributed by atoms with E-state index in [-0.39, 0.29) is 5.91 Å². The number of nitrogens with one attached hydrogen (secondary N) is 1. The molecule has 0 unspecified atom stereocenters. The molecule has 2 nitrogen and oxygen atoms in total. The molecule has 1 aliphatic rings. The van der Waals surface area contributed by atoms with Crippen LogP contribution in [0.5, 0.6) is 0 Å². The fraction of sp³-hybridized carbons (Fsp3) is 0.0952. The number of anilines is 1. The molecule has 2 aromatic carbocycles. The maximum absolute atomic E-state index is 12.3. The summed E-state index contributed by atoms with van der Waals surface area (Å²) in [6, 6.07) is 22.1. The minimum absolute atomic E-state index is 0.0480. The second kappa shape index (κ2) is 6.49. The van der Waals surface area contributed by atoms with Crippen LogP contribution in [0, 0.1) is 13.8 Å². The van der Waals surface area contributed by atoms with Gasteiger partial charge in [0.25, 0.3) is 5.91 Å². The van der Waals surface area contributed by atoms with Crippen LogP contribution in [0.2, 0.25) is 0 Å². The summed E-state index contributed by atoms with van der Waals surface area (Å²) in [6.07, 6.45) is 1.94. The third kappa shape index (κ3) is 3.49. The van der Waals surface area contributed by atoms with Gasteiger partial charge in [-0.05, 0) is 37.6 Å². The average molecular weight is 301 g/mol. The minimum atomic E-state index is -0.0480. The summed E-state index contributed by atoms with van der Waals surface area (Å²) in [7, 11) is 0. The van der Waals surface area contributed by atoms with Gasteiger partial charge >= 0.3 is 0 Å². The highest BCUT2D eigenvalue weighted by Crippen LogP contribution is 2.33. The Morgan fingerprint density at radius 3 is 2.39 bits per heavy atom. The number of aryl methyl sites for hydroxylation is 2. The van der Waals surface area contributed by atoms with Gasteiger partial charge in [0.15, 0.2) is 0 Å². The summed E-state index contributed by atoms with van der Waals surface area (Å²) < 4.78 is 0. The Balaban J connectivity index is 2.12. The number of carbonyl (C=O) groups is 1. The van der Waals surface area contributed by atoms with E-state index in [1.807, 2.05) is 67.6 Å². The van der Waals surface area contributed by atoms with E-state index in [1.54, 1.807) is 0 Å². The van der Waals surface area contributed by atoms with Gasteiger partial charge in [-0.25, -0.2) is 0 Å². The van der Waals surface area contributed by atoms with Crippen LogP contribution >= 0.6 is 0 Å². The number of hydrogen-bond donors (Lipinski definition) is 1. The van der Waals surface area contributed by atoms with Crippen molar-refractivity contribution in [2.24, 2.45) is 0 Å². The van der Waals surface area contributed by atoms with Gasteiger partial charge < -0.3 is 5.32 Å². The van der Waals surface area contributed by atoms with E-state index in [4.69, 9.17) is 0 Å². The van der Waals surface area contributed by atoms with Gasteiger partial charge in [0, 0.05) is 16.8 Å². The second-order valence-electron chi connectivity index (χ2n) is 5.74. The molecule has 0 aromatic heterocycles. The first-order valence-electron chi connectivity index (χ1n) is 7.67. The van der Waals surface area contributed by atoms with Crippen LogP contribution in [0.25, 0.3) is 11.6 Å². The molecule has 3 rings (SSSR count). The van der Waals surface area contributed by atoms with Gasteiger partial charge in [0.05, 0.1) is 0 Å². The molecule has 0 aliphatic carbocycles. The van der Waals surface area contributed by atoms with Crippen molar-refractivity contribution < 1.29 is 4.79 Å². The number of amides is 1. The molecule has 1 N–H and O–H groups in total. The van der Waals surface area contributed by atoms with Crippen LogP contribution in [-0.4, -0.2) is 5.91 Å². The maximum atomic E-state index is 12.3. The van der Waals surface area contributed by atoms with Gasteiger partial charge in [-0.3, -0.25) is 4.79 Å². The number of benzene rings is 1. The highest BCUT2D eigenvalue weighted by Gasteiger charge is 2.23. The van der Waals surface area contributed by atoms with Crippen molar-refractivity contribution in [2.45, 2.75) is 13.8 Å². The Labute approximate surface area is 136 Å². The van der Waals surface area contributed by atoms with E-state index < -0.39 is 0 Å². The molecule has 0 atom stereocenters. The van der Waals surface area contributed by atoms with Crippen LogP contribution < -0.4 is 5.32 Å². The topological polar surface area (TPSA) is 29.1 Å². The summed E-state index contributed by atoms with van der Waals surface area (Å²) in [5.74, 6) is -0.0480. The third-order valence-corrected chi connectivity index (χ3v) is 3.79. The van der Waals surface area contributed by atoms with Gasteiger partial charge in [0.1, 0.15) is 0 Å². The van der Waals surface area contributed by atoms with E-state index in [9.17, 15) is 4.79 Å². The van der Waals surface area contributed by atoms with Crippen molar-refractivity contribution in [3.63, 3.8) is 0 Å². The van der Waals surface area contributed by atoms with Crippen LogP contribution in [0.15, 0.2) is 66.7 Å². The van der Waals surface area contributed by atoms with Gasteiger partial charge in [-0.1, -0.05) is 65.7 Å². The predicted octanol–water partition coefficient (Wildman–Crippen LogP) is 4.92. The van der Waals surface area contributed by atoms with E-state index in [0.717, 1.165) is 27.9 Å². The quantitative estimate of drug-likeness (QED) is 0.744. The summed E-state index contributed by atoms with van der Waals surface area (Å²) in [5.41, 5.74) is 5.85. The van der Waals surface area contributed by atoms with Crippen molar-refractivity contribution in [1.82, 2.24) is 0 Å². The standard InChI is InChI=1S/C21H19NO/c1-15-7-5-3-4-6-8-17(11-9-15)14-19-18-13-16(2)10-12-20(18)22-21(19)23/h3-14H,1-2H3,(H,22,23)/b4-3?,5-3?,6-4?,7-5?,8-6?,11-9?,15-7?,15-9?,17-8?,17-11?,19-14+. The number of carbonyl (C=O) groups excluding carboxylic acids is 1. The Bertz CT molecular complexity index is 848. The molecule has 1 amide bonds. The molecule has 2 aromatic rings. The highest BCUT2D eigenvalue weighted by molar-refractivity contribution is 6.34. The van der Waals surface area contributed by atoms with Gasteiger partial charge in [0.2, 0.25) is 0 Å². The molecule has 114 valence electrons. The Morgan fingerprint density at radius 1 is 0.826 bits per heavy atom. The van der Waals surface area contributed by atoms with Crippen molar-refractivity contribution in [2.75, 3.05) is 5.32 Å². The van der Waals surface area contributed by atoms with Crippen molar-refractivity contribution >= 4 is 23.2 Å². The molecule has 0 saturated carbocycles. The molecule has 1 aliphatic heterocycles. The first kappa shape index (κ1) is 15.0. The SMILES string of the molecule is Cc1ccccccc(/C=C2/C(=O)Nc3ccc(C)cc32)cc1. The van der Waals surface area contributed by atoms with Crippen LogP contribution in [0.1, 0.15) is 22.3 Å². The molecular weight excluding hydrogens is 282 g/mol. The third-order valence-electron chi connectivity index (χ3n) is 3.79. The first-order chi connectivity index (χ1) is 11.1. The Morgan fingerprint density at radius 2 is 1.57 bits per heavy atom. The lowest BCUT2D eigenvalue weighted by molar-refractivity contribution is -0.110. The zero-order valence-electron chi connectivity index (χ0n) is 13.3. The van der Waals surface area contributed by atoms with E-state index in [2.05, 4.69) is 24.4 Å². The van der Waals surface area contributed by atoms with Crippen molar-refractivity contribution in [3.05, 3.63) is 89.0 Å². The maximum Gasteiger partial charge on any atom is 0.256 e. The summed E-state index contributed by atoms with van der Waals surface area (Å²) in [6.45, 7) is 4.09. The molecule has 0 bridgehead atoms. The summed E-state index contributed by atoms with van der Waals surface area (Å²) in [4.78, 5) is 12.3. The normalized spacial score (nSPS) is 14.2. The number of rotatable bonds is 1. The molecule has 0 radical (unpaired) electrons. The van der Waals surface area contributed by atoms with Gasteiger partial charge in [-0.15, -0.1) is 0 Å². The van der Waals surface area contributed by atoms with Crippen LogP contribution in [-0.2, 0) is 4.79 Å². The van der Waals surface area contributed by atoms with Crippen LogP contribution in [0.3, 0.4) is 0 Å². The molecule has 0 saturated heterocycles. The molecular formula is C21H19NO. The highest BCUT2D eigenvalue weighted by atomic mass is 16.2. The Kier molecular flexibility index (Phi) is 4.24. The number of hydrogen-bond acceptors (Lipinski definition) is 1. The van der Waals surface area contributed by atoms with Crippen molar-refractivity contribution in [1.29, 1.82) is 0 Å².